The molecule has 6 heteroatoms. The zero-order chi connectivity index (χ0) is 10.8. The summed E-state index contributed by atoms with van der Waals surface area (Å²) in [4.78, 5) is 8.86. The van der Waals surface area contributed by atoms with E-state index >= 15 is 0 Å². The van der Waals surface area contributed by atoms with Crippen LogP contribution in [0.3, 0.4) is 0 Å². The SMILES string of the molecule is OCC1C=C(c2ncc(Br)cc2F)NO1. The van der Waals surface area contributed by atoms with Gasteiger partial charge in [-0.05, 0) is 28.1 Å². The summed E-state index contributed by atoms with van der Waals surface area (Å²) in [5.74, 6) is -0.453. The van der Waals surface area contributed by atoms with Crippen molar-refractivity contribution in [2.24, 2.45) is 0 Å². The molecule has 1 atom stereocenters. The Bertz CT molecular complexity index is 411. The quantitative estimate of drug-likeness (QED) is 0.852. The Kier molecular flexibility index (Phi) is 2.99. The molecular formula is C9H8BrFN2O2. The van der Waals surface area contributed by atoms with Crippen molar-refractivity contribution < 1.29 is 14.3 Å². The molecule has 0 amide bonds. The van der Waals surface area contributed by atoms with E-state index in [0.717, 1.165) is 0 Å². The Hall–Kier alpha value is -0.980. The number of rotatable bonds is 2. The molecule has 0 aromatic carbocycles. The summed E-state index contributed by atoms with van der Waals surface area (Å²) in [6.07, 6.45) is 2.62. The van der Waals surface area contributed by atoms with Crippen LogP contribution in [0, 0.1) is 5.82 Å². The molecule has 1 aromatic heterocycles. The number of hydrogen-bond acceptors (Lipinski definition) is 4. The average Bonchev–Trinajstić information content (AvgIpc) is 2.66. The van der Waals surface area contributed by atoms with Crippen molar-refractivity contribution in [2.75, 3.05) is 6.61 Å². The molecule has 0 radical (unpaired) electrons. The second-order valence-corrected chi connectivity index (χ2v) is 3.92. The molecule has 1 aliphatic heterocycles. The highest BCUT2D eigenvalue weighted by Crippen LogP contribution is 2.21. The molecule has 1 unspecified atom stereocenters. The van der Waals surface area contributed by atoms with E-state index in [1.165, 1.54) is 12.3 Å². The van der Waals surface area contributed by atoms with E-state index in [1.54, 1.807) is 6.08 Å². The van der Waals surface area contributed by atoms with E-state index in [2.05, 4.69) is 26.4 Å². The highest BCUT2D eigenvalue weighted by molar-refractivity contribution is 9.10. The van der Waals surface area contributed by atoms with Crippen LogP contribution in [0.15, 0.2) is 22.8 Å². The van der Waals surface area contributed by atoms with Crippen LogP contribution < -0.4 is 5.48 Å². The Morgan fingerprint density at radius 2 is 2.47 bits per heavy atom. The first-order chi connectivity index (χ1) is 7.20. The maximum Gasteiger partial charge on any atom is 0.152 e. The number of nitrogens with zero attached hydrogens (tertiary/aromatic N) is 1. The van der Waals surface area contributed by atoms with E-state index in [-0.39, 0.29) is 12.3 Å². The monoisotopic (exact) mass is 274 g/mol. The van der Waals surface area contributed by atoms with Crippen LogP contribution in [0.1, 0.15) is 5.69 Å². The maximum absolute atomic E-state index is 13.4. The van der Waals surface area contributed by atoms with Crippen LogP contribution in [-0.2, 0) is 4.84 Å². The lowest BCUT2D eigenvalue weighted by molar-refractivity contribution is 0.0171. The summed E-state index contributed by atoms with van der Waals surface area (Å²) in [5.41, 5.74) is 3.12. The molecule has 2 rings (SSSR count). The molecule has 0 spiro atoms. The smallest absolute Gasteiger partial charge is 0.152 e. The van der Waals surface area contributed by atoms with Gasteiger partial charge in [0.05, 0.1) is 12.3 Å². The van der Waals surface area contributed by atoms with Gasteiger partial charge in [-0.25, -0.2) is 4.39 Å². The number of aromatic nitrogens is 1. The fraction of sp³-hybridized carbons (Fsp3) is 0.222. The molecular weight excluding hydrogens is 267 g/mol. The zero-order valence-electron chi connectivity index (χ0n) is 7.58. The van der Waals surface area contributed by atoms with Crippen LogP contribution in [0.2, 0.25) is 0 Å². The van der Waals surface area contributed by atoms with E-state index in [9.17, 15) is 4.39 Å². The molecule has 0 fully saturated rings. The van der Waals surface area contributed by atoms with Gasteiger partial charge in [0.15, 0.2) is 5.82 Å². The first-order valence-corrected chi connectivity index (χ1v) is 5.06. The van der Waals surface area contributed by atoms with E-state index in [0.29, 0.717) is 10.2 Å². The third-order valence-electron chi connectivity index (χ3n) is 1.92. The Morgan fingerprint density at radius 1 is 1.67 bits per heavy atom. The van der Waals surface area contributed by atoms with Crippen molar-refractivity contribution in [3.63, 3.8) is 0 Å². The van der Waals surface area contributed by atoms with Gasteiger partial charge in [0, 0.05) is 10.7 Å². The van der Waals surface area contributed by atoms with Crippen molar-refractivity contribution in [3.05, 3.63) is 34.3 Å². The third-order valence-corrected chi connectivity index (χ3v) is 2.35. The van der Waals surface area contributed by atoms with Crippen molar-refractivity contribution in [1.29, 1.82) is 0 Å². The van der Waals surface area contributed by atoms with Gasteiger partial charge >= 0.3 is 0 Å². The number of nitrogens with one attached hydrogen (secondary N) is 1. The molecule has 1 aliphatic rings. The molecule has 0 aliphatic carbocycles. The van der Waals surface area contributed by atoms with Gasteiger partial charge in [-0.3, -0.25) is 15.3 Å². The predicted octanol–water partition coefficient (Wildman–Crippen LogP) is 1.22. The predicted molar refractivity (Wildman–Crippen MR) is 55.0 cm³/mol. The number of hydrogen-bond donors (Lipinski definition) is 2. The maximum atomic E-state index is 13.4. The van der Waals surface area contributed by atoms with Crippen LogP contribution in [0.25, 0.3) is 5.70 Å². The molecule has 4 nitrogen and oxygen atoms in total. The van der Waals surface area contributed by atoms with Crippen molar-refractivity contribution in [2.45, 2.75) is 6.10 Å². The van der Waals surface area contributed by atoms with Crippen molar-refractivity contribution in [1.82, 2.24) is 10.5 Å². The summed E-state index contributed by atoms with van der Waals surface area (Å²) in [5, 5.41) is 8.81. The van der Waals surface area contributed by atoms with E-state index in [4.69, 9.17) is 9.94 Å². The van der Waals surface area contributed by atoms with Crippen molar-refractivity contribution in [3.8, 4) is 0 Å². The van der Waals surface area contributed by atoms with Gasteiger partial charge in [-0.2, -0.15) is 0 Å². The standard InChI is InChI=1S/C9H8BrFN2O2/c10-5-1-7(11)9(12-3-5)8-2-6(4-14)15-13-8/h1-3,6,13-14H,4H2. The lowest BCUT2D eigenvalue weighted by Crippen LogP contribution is -2.15. The van der Waals surface area contributed by atoms with Gasteiger partial charge in [0.25, 0.3) is 0 Å². The van der Waals surface area contributed by atoms with E-state index in [1.807, 2.05) is 0 Å². The van der Waals surface area contributed by atoms with Gasteiger partial charge in [0.2, 0.25) is 0 Å². The summed E-state index contributed by atoms with van der Waals surface area (Å²) in [6, 6.07) is 1.32. The topological polar surface area (TPSA) is 54.4 Å². The molecule has 0 saturated carbocycles. The highest BCUT2D eigenvalue weighted by atomic mass is 79.9. The minimum absolute atomic E-state index is 0.158. The van der Waals surface area contributed by atoms with Crippen LogP contribution in [0.5, 0.6) is 0 Å². The molecule has 1 aromatic rings. The second kappa shape index (κ2) is 4.26. The van der Waals surface area contributed by atoms with E-state index < -0.39 is 11.9 Å². The number of aliphatic hydroxyl groups excluding tert-OH is 1. The summed E-state index contributed by atoms with van der Waals surface area (Å²) < 4.78 is 14.0. The molecule has 80 valence electrons. The van der Waals surface area contributed by atoms with Crippen molar-refractivity contribution >= 4 is 21.6 Å². The molecule has 0 saturated heterocycles. The molecule has 0 bridgehead atoms. The summed E-state index contributed by atoms with van der Waals surface area (Å²) in [6.45, 7) is -0.158. The minimum atomic E-state index is -0.454. The Morgan fingerprint density at radius 3 is 3.07 bits per heavy atom. The highest BCUT2D eigenvalue weighted by Gasteiger charge is 2.19. The summed E-state index contributed by atoms with van der Waals surface area (Å²) >= 11 is 3.12. The largest absolute Gasteiger partial charge is 0.393 e. The van der Waals surface area contributed by atoms with Gasteiger partial charge in [-0.15, -0.1) is 0 Å². The van der Waals surface area contributed by atoms with Gasteiger partial charge in [-0.1, -0.05) is 0 Å². The van der Waals surface area contributed by atoms with Crippen LogP contribution in [0.4, 0.5) is 4.39 Å². The number of halogens is 2. The first kappa shape index (κ1) is 10.5. The zero-order valence-corrected chi connectivity index (χ0v) is 9.16. The first-order valence-electron chi connectivity index (χ1n) is 4.26. The van der Waals surface area contributed by atoms with Crippen LogP contribution in [-0.4, -0.2) is 22.8 Å². The van der Waals surface area contributed by atoms with Crippen LogP contribution >= 0.6 is 15.9 Å². The molecule has 2 N–H and O–H groups in total. The number of pyridine rings is 1. The second-order valence-electron chi connectivity index (χ2n) is 3.01. The lowest BCUT2D eigenvalue weighted by Gasteiger charge is -2.04. The average molecular weight is 275 g/mol. The van der Waals surface area contributed by atoms with Gasteiger partial charge < -0.3 is 5.11 Å². The molecule has 15 heavy (non-hydrogen) atoms. The Balaban J connectivity index is 2.31. The van der Waals surface area contributed by atoms with Gasteiger partial charge in [0.1, 0.15) is 11.8 Å². The molecule has 2 heterocycles. The third kappa shape index (κ3) is 2.17. The number of aliphatic hydroxyl groups is 1. The fourth-order valence-electron chi connectivity index (χ4n) is 1.22. The lowest BCUT2D eigenvalue weighted by atomic mass is 10.2. The normalized spacial score (nSPS) is 19.9. The fourth-order valence-corrected chi connectivity index (χ4v) is 1.53. The Labute approximate surface area is 93.9 Å². The summed E-state index contributed by atoms with van der Waals surface area (Å²) in [7, 11) is 0. The minimum Gasteiger partial charge on any atom is -0.393 e. The number of hydroxylamine groups is 1.